The van der Waals surface area contributed by atoms with Crippen molar-refractivity contribution in [2.75, 3.05) is 0 Å². The van der Waals surface area contributed by atoms with Gasteiger partial charge in [0.05, 0.1) is 0 Å². The summed E-state index contributed by atoms with van der Waals surface area (Å²) in [4.78, 5) is 0. The van der Waals surface area contributed by atoms with Gasteiger partial charge in [0, 0.05) is 0 Å². The number of hydrogen-bond donors (Lipinski definition) is 0. The van der Waals surface area contributed by atoms with Crippen LogP contribution in [0.4, 0.5) is 0 Å². The average molecular weight is 473 g/mol. The lowest BCUT2D eigenvalue weighted by molar-refractivity contribution is 0.0184. The van der Waals surface area contributed by atoms with Crippen LogP contribution < -0.4 is 0 Å². The van der Waals surface area contributed by atoms with E-state index in [1.54, 1.807) is 82.6 Å². The Morgan fingerprint density at radius 1 is 0.586 bits per heavy atom. The predicted molar refractivity (Wildman–Crippen MR) is 129 cm³/mol. The molecule has 0 nitrogen and oxygen atoms in total. The van der Waals surface area contributed by atoms with Crippen LogP contribution in [0.1, 0.15) is 82.6 Å². The fourth-order valence-electron chi connectivity index (χ4n) is 10.4. The molecule has 0 spiro atoms. The van der Waals surface area contributed by atoms with E-state index in [-0.39, 0.29) is 24.9 Å². The minimum Gasteiger partial charge on any atom is -0.114 e. The van der Waals surface area contributed by atoms with Gasteiger partial charge in [-0.05, 0) is 135 Å². The molecule has 0 amide bonds. The van der Waals surface area contributed by atoms with Crippen LogP contribution in [0.3, 0.4) is 0 Å². The van der Waals surface area contributed by atoms with Gasteiger partial charge in [-0.2, -0.15) is 0 Å². The Kier molecular flexibility index (Phi) is 4.82. The fourth-order valence-corrected chi connectivity index (χ4v) is 15.5. The summed E-state index contributed by atoms with van der Waals surface area (Å²) in [5, 5.41) is 1.57. The molecular formula is C27H38BrP. The van der Waals surface area contributed by atoms with Crippen molar-refractivity contribution in [3.63, 3.8) is 0 Å². The van der Waals surface area contributed by atoms with Gasteiger partial charge in [-0.25, -0.2) is 0 Å². The second-order valence-corrected chi connectivity index (χ2v) is 15.4. The largest absolute Gasteiger partial charge is 0.114 e. The van der Waals surface area contributed by atoms with E-state index in [0.717, 1.165) is 45.8 Å². The molecule has 158 valence electrons. The maximum absolute atomic E-state index is 2.47. The van der Waals surface area contributed by atoms with Crippen LogP contribution in [0.15, 0.2) is 30.3 Å². The lowest BCUT2D eigenvalue weighted by atomic mass is 9.55. The minimum atomic E-state index is 0. The van der Waals surface area contributed by atoms with Crippen molar-refractivity contribution in [3.05, 3.63) is 35.9 Å². The summed E-state index contributed by atoms with van der Waals surface area (Å²) in [7, 11) is 0.115. The molecule has 1 aromatic rings. The van der Waals surface area contributed by atoms with E-state index < -0.39 is 0 Å². The summed E-state index contributed by atoms with van der Waals surface area (Å²) in [5.74, 6) is 6.67. The SMILES string of the molecule is Br.c1ccc(CP(C23CC4CC(CC(C4)C2)C3)C23CC4CC(CC(C4)C2)C3)cc1. The second-order valence-electron chi connectivity index (χ2n) is 12.4. The van der Waals surface area contributed by atoms with Crippen LogP contribution in [-0.4, -0.2) is 10.3 Å². The molecule has 0 aromatic heterocycles. The Bertz CT molecular complexity index is 640. The summed E-state index contributed by atoms with van der Waals surface area (Å²) in [5.41, 5.74) is 1.68. The first kappa shape index (κ1) is 19.8. The predicted octanol–water partition coefficient (Wildman–Crippen LogP) is 8.18. The molecule has 29 heavy (non-hydrogen) atoms. The molecule has 8 aliphatic rings. The second kappa shape index (κ2) is 7.07. The molecule has 0 radical (unpaired) electrons. The van der Waals surface area contributed by atoms with Crippen molar-refractivity contribution < 1.29 is 0 Å². The molecule has 8 saturated carbocycles. The highest BCUT2D eigenvalue weighted by Crippen LogP contribution is 2.79. The van der Waals surface area contributed by atoms with Crippen LogP contribution in [0, 0.1) is 35.5 Å². The van der Waals surface area contributed by atoms with Gasteiger partial charge in [0.25, 0.3) is 0 Å². The standard InChI is InChI=1S/C27H37P.BrH/c1-2-4-19(5-3-1)18-28(26-12-20-6-21(13-26)8-22(7-20)14-26)27-15-23-9-24(16-27)11-25(10-23)17-27;/h1-5,20-25H,6-18H2;1H. The van der Waals surface area contributed by atoms with Crippen molar-refractivity contribution in [1.29, 1.82) is 0 Å². The summed E-state index contributed by atoms with van der Waals surface area (Å²) < 4.78 is 0. The summed E-state index contributed by atoms with van der Waals surface area (Å²) >= 11 is 0. The van der Waals surface area contributed by atoms with Gasteiger partial charge < -0.3 is 0 Å². The first-order valence-electron chi connectivity index (χ1n) is 12.5. The highest BCUT2D eigenvalue weighted by Gasteiger charge is 2.62. The molecule has 9 rings (SSSR count). The summed E-state index contributed by atoms with van der Waals surface area (Å²) in [6, 6.07) is 11.8. The summed E-state index contributed by atoms with van der Waals surface area (Å²) in [6.45, 7) is 0. The molecule has 8 aliphatic carbocycles. The van der Waals surface area contributed by atoms with Gasteiger partial charge >= 0.3 is 0 Å². The molecular weight excluding hydrogens is 435 g/mol. The monoisotopic (exact) mass is 472 g/mol. The van der Waals surface area contributed by atoms with Crippen molar-refractivity contribution in [2.24, 2.45) is 35.5 Å². The van der Waals surface area contributed by atoms with Gasteiger partial charge in [0.1, 0.15) is 0 Å². The van der Waals surface area contributed by atoms with Crippen molar-refractivity contribution >= 4 is 24.9 Å². The van der Waals surface area contributed by atoms with Crippen LogP contribution in [0.25, 0.3) is 0 Å². The molecule has 1 aromatic carbocycles. The zero-order chi connectivity index (χ0) is 18.3. The number of rotatable bonds is 4. The van der Waals surface area contributed by atoms with Gasteiger partial charge in [-0.3, -0.25) is 0 Å². The third-order valence-corrected chi connectivity index (χ3v) is 14.4. The van der Waals surface area contributed by atoms with Gasteiger partial charge in [-0.1, -0.05) is 38.3 Å². The highest BCUT2D eigenvalue weighted by atomic mass is 79.9. The number of benzene rings is 1. The Morgan fingerprint density at radius 3 is 1.28 bits per heavy atom. The molecule has 0 saturated heterocycles. The lowest BCUT2D eigenvalue weighted by Crippen LogP contribution is -2.56. The van der Waals surface area contributed by atoms with E-state index >= 15 is 0 Å². The molecule has 8 bridgehead atoms. The molecule has 2 heteroatoms. The van der Waals surface area contributed by atoms with Gasteiger partial charge in [-0.15, -0.1) is 17.0 Å². The first-order chi connectivity index (χ1) is 13.7. The topological polar surface area (TPSA) is 0 Å². The molecule has 0 heterocycles. The molecule has 0 aliphatic heterocycles. The van der Waals surface area contributed by atoms with Gasteiger partial charge in [0.15, 0.2) is 0 Å². The fraction of sp³-hybridized carbons (Fsp3) is 0.778. The number of hydrogen-bond acceptors (Lipinski definition) is 0. The van der Waals surface area contributed by atoms with Crippen molar-refractivity contribution in [2.45, 2.75) is 93.5 Å². The smallest absolute Gasteiger partial charge is 0.00631 e. The number of halogens is 1. The van der Waals surface area contributed by atoms with Crippen LogP contribution in [0.5, 0.6) is 0 Å². The van der Waals surface area contributed by atoms with E-state index in [1.807, 2.05) is 0 Å². The summed E-state index contributed by atoms with van der Waals surface area (Å²) in [6.07, 6.45) is 20.9. The third-order valence-electron chi connectivity index (χ3n) is 10.3. The molecule has 0 unspecified atom stereocenters. The Hall–Kier alpha value is 0.130. The van der Waals surface area contributed by atoms with Gasteiger partial charge in [0.2, 0.25) is 0 Å². The zero-order valence-electron chi connectivity index (χ0n) is 17.9. The third kappa shape index (κ3) is 3.15. The van der Waals surface area contributed by atoms with Crippen LogP contribution >= 0.6 is 24.9 Å². The Labute approximate surface area is 189 Å². The minimum absolute atomic E-state index is 0. The molecule has 8 fully saturated rings. The average Bonchev–Trinajstić information content (AvgIpc) is 2.64. The van der Waals surface area contributed by atoms with E-state index in [1.165, 1.54) is 6.16 Å². The van der Waals surface area contributed by atoms with Crippen LogP contribution in [0.2, 0.25) is 0 Å². The lowest BCUT2D eigenvalue weighted by Gasteiger charge is -2.67. The van der Waals surface area contributed by atoms with Crippen molar-refractivity contribution in [1.82, 2.24) is 0 Å². The van der Waals surface area contributed by atoms with E-state index in [9.17, 15) is 0 Å². The van der Waals surface area contributed by atoms with Crippen molar-refractivity contribution in [3.8, 4) is 0 Å². The zero-order valence-corrected chi connectivity index (χ0v) is 20.5. The molecule has 0 atom stereocenters. The van der Waals surface area contributed by atoms with E-state index in [4.69, 9.17) is 0 Å². The quantitative estimate of drug-likeness (QED) is 0.387. The van der Waals surface area contributed by atoms with E-state index in [2.05, 4.69) is 30.3 Å². The maximum atomic E-state index is 2.47. The highest BCUT2D eigenvalue weighted by molar-refractivity contribution is 8.93. The Balaban J connectivity index is 0.00000165. The van der Waals surface area contributed by atoms with Crippen LogP contribution in [-0.2, 0) is 6.16 Å². The van der Waals surface area contributed by atoms with E-state index in [0.29, 0.717) is 0 Å². The maximum Gasteiger partial charge on any atom is -0.00631 e. The molecule has 0 N–H and O–H groups in total. The first-order valence-corrected chi connectivity index (χ1v) is 14.0. The normalized spacial score (nSPS) is 49.8. The Morgan fingerprint density at radius 2 is 0.931 bits per heavy atom.